The zero-order chi connectivity index (χ0) is 22.3. The highest BCUT2D eigenvalue weighted by molar-refractivity contribution is 6.32. The monoisotopic (exact) mass is 445 g/mol. The smallest absolute Gasteiger partial charge is 0.271 e. The van der Waals surface area contributed by atoms with Gasteiger partial charge in [0.2, 0.25) is 0 Å². The van der Waals surface area contributed by atoms with E-state index in [9.17, 15) is 4.79 Å². The molecule has 0 aliphatic rings. The summed E-state index contributed by atoms with van der Waals surface area (Å²) in [6, 6.07) is 18.5. The third kappa shape index (κ3) is 4.84. The second-order valence-electron chi connectivity index (χ2n) is 6.73. The Labute approximate surface area is 190 Å². The van der Waals surface area contributed by atoms with Crippen LogP contribution in [0.4, 0.5) is 0 Å². The third-order valence-electron chi connectivity index (χ3n) is 4.58. The Hall–Kier alpha value is -3.97. The van der Waals surface area contributed by atoms with Crippen LogP contribution in [0.1, 0.15) is 22.8 Å². The second kappa shape index (κ2) is 9.89. The Morgan fingerprint density at radius 1 is 1.16 bits per heavy atom. The van der Waals surface area contributed by atoms with Gasteiger partial charge in [0.05, 0.1) is 23.5 Å². The number of hydrogen-bond donors (Lipinski definition) is 1. The number of aromatic nitrogens is 3. The van der Waals surface area contributed by atoms with Crippen LogP contribution in [0, 0.1) is 0 Å². The zero-order valence-electron chi connectivity index (χ0n) is 17.3. The van der Waals surface area contributed by atoms with Gasteiger partial charge in [0.15, 0.2) is 0 Å². The third-order valence-corrected chi connectivity index (χ3v) is 4.88. The summed E-state index contributed by atoms with van der Waals surface area (Å²) in [5.74, 6) is 0.282. The molecule has 0 bridgehead atoms. The molecule has 0 saturated carbocycles. The van der Waals surface area contributed by atoms with Gasteiger partial charge in [0.25, 0.3) is 5.91 Å². The minimum Gasteiger partial charge on any atom is -0.492 e. The molecule has 4 aromatic rings. The van der Waals surface area contributed by atoms with Gasteiger partial charge in [-0.3, -0.25) is 9.78 Å². The molecule has 2 heterocycles. The van der Waals surface area contributed by atoms with Crippen LogP contribution in [0.5, 0.6) is 5.75 Å². The Kier molecular flexibility index (Phi) is 6.57. The number of halogens is 1. The molecule has 7 nitrogen and oxygen atoms in total. The van der Waals surface area contributed by atoms with Crippen LogP contribution in [0.3, 0.4) is 0 Å². The van der Waals surface area contributed by atoms with Gasteiger partial charge in [-0.15, -0.1) is 0 Å². The van der Waals surface area contributed by atoms with E-state index < -0.39 is 0 Å². The fraction of sp³-hybridized carbons (Fsp3) is 0.0833. The van der Waals surface area contributed by atoms with Gasteiger partial charge in [-0.2, -0.15) is 10.2 Å². The summed E-state index contributed by atoms with van der Waals surface area (Å²) in [5, 5.41) is 9.35. The van der Waals surface area contributed by atoms with E-state index in [1.165, 1.54) is 0 Å². The largest absolute Gasteiger partial charge is 0.492 e. The van der Waals surface area contributed by atoms with Crippen LogP contribution in [0.15, 0.2) is 84.4 Å². The van der Waals surface area contributed by atoms with Crippen molar-refractivity contribution in [2.75, 3.05) is 6.61 Å². The summed E-state index contributed by atoms with van der Waals surface area (Å²) < 4.78 is 7.29. The molecule has 0 radical (unpaired) electrons. The molecule has 1 amide bonds. The van der Waals surface area contributed by atoms with Crippen molar-refractivity contribution >= 4 is 23.7 Å². The number of amides is 1. The molecular formula is C24H20ClN5O2. The molecule has 32 heavy (non-hydrogen) atoms. The first-order valence-corrected chi connectivity index (χ1v) is 10.3. The molecule has 160 valence electrons. The van der Waals surface area contributed by atoms with Gasteiger partial charge >= 0.3 is 0 Å². The van der Waals surface area contributed by atoms with Crippen LogP contribution in [-0.2, 0) is 0 Å². The van der Waals surface area contributed by atoms with Gasteiger partial charge < -0.3 is 4.74 Å². The summed E-state index contributed by atoms with van der Waals surface area (Å²) in [6.07, 6.45) is 6.51. The molecule has 0 unspecified atom stereocenters. The van der Waals surface area contributed by atoms with Crippen LogP contribution < -0.4 is 10.2 Å². The van der Waals surface area contributed by atoms with Crippen molar-refractivity contribution in [2.24, 2.45) is 5.10 Å². The van der Waals surface area contributed by atoms with Crippen molar-refractivity contribution in [3.05, 3.63) is 95.4 Å². The first-order valence-electron chi connectivity index (χ1n) is 9.97. The number of hydrogen-bond acceptors (Lipinski definition) is 5. The van der Waals surface area contributed by atoms with Crippen molar-refractivity contribution < 1.29 is 9.53 Å². The fourth-order valence-electron chi connectivity index (χ4n) is 3.07. The van der Waals surface area contributed by atoms with Crippen LogP contribution in [-0.4, -0.2) is 33.5 Å². The number of para-hydroxylation sites is 1. The van der Waals surface area contributed by atoms with Crippen LogP contribution in [0.2, 0.25) is 5.02 Å². The van der Waals surface area contributed by atoms with Gasteiger partial charge in [0, 0.05) is 35.3 Å². The van der Waals surface area contributed by atoms with Crippen molar-refractivity contribution in [1.82, 2.24) is 20.2 Å². The standard InChI is InChI=1S/C24H20ClN5O2/c1-2-32-22-9-8-18(14-21(22)25)23-19(16-30(29-23)20-6-4-3-5-7-20)15-27-28-24(31)17-10-12-26-13-11-17/h3-16H,2H2,1H3,(H,28,31)/b27-15-. The number of rotatable bonds is 7. The van der Waals surface area contributed by atoms with Crippen molar-refractivity contribution in [3.8, 4) is 22.7 Å². The lowest BCUT2D eigenvalue weighted by atomic mass is 10.1. The Balaban J connectivity index is 1.66. The SMILES string of the molecule is CCOc1ccc(-c2nn(-c3ccccc3)cc2/C=N\NC(=O)c2ccncc2)cc1Cl. The zero-order valence-corrected chi connectivity index (χ0v) is 18.0. The van der Waals surface area contributed by atoms with E-state index in [0.29, 0.717) is 34.2 Å². The van der Waals surface area contributed by atoms with Gasteiger partial charge in [-0.25, -0.2) is 10.1 Å². The average molecular weight is 446 g/mol. The van der Waals surface area contributed by atoms with Gasteiger partial charge in [-0.05, 0) is 49.4 Å². The molecule has 2 aromatic carbocycles. The summed E-state index contributed by atoms with van der Waals surface area (Å²) in [7, 11) is 0. The van der Waals surface area contributed by atoms with E-state index in [1.807, 2.05) is 55.6 Å². The van der Waals surface area contributed by atoms with Crippen LogP contribution >= 0.6 is 11.6 Å². The van der Waals surface area contributed by atoms with E-state index >= 15 is 0 Å². The summed E-state index contributed by atoms with van der Waals surface area (Å²) in [6.45, 7) is 2.43. The highest BCUT2D eigenvalue weighted by Crippen LogP contribution is 2.31. The highest BCUT2D eigenvalue weighted by Gasteiger charge is 2.13. The van der Waals surface area contributed by atoms with E-state index in [4.69, 9.17) is 21.4 Å². The molecule has 4 rings (SSSR count). The van der Waals surface area contributed by atoms with Gasteiger partial charge in [-0.1, -0.05) is 29.8 Å². The van der Waals surface area contributed by atoms with Crippen LogP contribution in [0.25, 0.3) is 16.9 Å². The second-order valence-corrected chi connectivity index (χ2v) is 7.13. The highest BCUT2D eigenvalue weighted by atomic mass is 35.5. The first-order chi connectivity index (χ1) is 15.7. The van der Waals surface area contributed by atoms with E-state index in [1.54, 1.807) is 41.5 Å². The molecular weight excluding hydrogens is 426 g/mol. The molecule has 0 atom stereocenters. The molecule has 1 N–H and O–H groups in total. The molecule has 2 aromatic heterocycles. The average Bonchev–Trinajstić information content (AvgIpc) is 3.26. The minimum absolute atomic E-state index is 0.329. The molecule has 0 aliphatic carbocycles. The number of carbonyl (C=O) groups excluding carboxylic acids is 1. The van der Waals surface area contributed by atoms with E-state index in [2.05, 4.69) is 15.5 Å². The summed E-state index contributed by atoms with van der Waals surface area (Å²) in [5.41, 5.74) is 6.08. The lowest BCUT2D eigenvalue weighted by molar-refractivity contribution is 0.0955. The Bertz CT molecular complexity index is 1240. The molecule has 8 heteroatoms. The summed E-state index contributed by atoms with van der Waals surface area (Å²) >= 11 is 6.39. The normalized spacial score (nSPS) is 10.9. The lowest BCUT2D eigenvalue weighted by Crippen LogP contribution is -2.17. The number of pyridine rings is 1. The van der Waals surface area contributed by atoms with Crippen molar-refractivity contribution in [1.29, 1.82) is 0 Å². The molecule has 0 aliphatic heterocycles. The number of benzene rings is 2. The Morgan fingerprint density at radius 2 is 1.94 bits per heavy atom. The number of nitrogens with zero attached hydrogens (tertiary/aromatic N) is 4. The van der Waals surface area contributed by atoms with Crippen molar-refractivity contribution in [3.63, 3.8) is 0 Å². The number of hydrazone groups is 1. The van der Waals surface area contributed by atoms with Crippen molar-refractivity contribution in [2.45, 2.75) is 6.92 Å². The maximum absolute atomic E-state index is 12.3. The molecule has 0 saturated heterocycles. The first kappa shape index (κ1) is 21.3. The predicted octanol–water partition coefficient (Wildman–Crippen LogP) is 4.75. The number of nitrogens with one attached hydrogen (secondary N) is 1. The fourth-order valence-corrected chi connectivity index (χ4v) is 3.30. The van der Waals surface area contributed by atoms with E-state index in [0.717, 1.165) is 11.3 Å². The molecule has 0 spiro atoms. The predicted molar refractivity (Wildman–Crippen MR) is 124 cm³/mol. The van der Waals surface area contributed by atoms with Gasteiger partial charge in [0.1, 0.15) is 11.4 Å². The molecule has 0 fully saturated rings. The maximum Gasteiger partial charge on any atom is 0.271 e. The lowest BCUT2D eigenvalue weighted by Gasteiger charge is -2.07. The minimum atomic E-state index is -0.329. The summed E-state index contributed by atoms with van der Waals surface area (Å²) in [4.78, 5) is 16.2. The maximum atomic E-state index is 12.3. The quantitative estimate of drug-likeness (QED) is 0.329. The Morgan fingerprint density at radius 3 is 2.66 bits per heavy atom. The number of ether oxygens (including phenoxy) is 1. The topological polar surface area (TPSA) is 81.4 Å². The number of carbonyl (C=O) groups is 1. The van der Waals surface area contributed by atoms with E-state index in [-0.39, 0.29) is 5.91 Å².